The molecule has 12 aromatic rings. The van der Waals surface area contributed by atoms with Crippen LogP contribution in [-0.2, 0) is 5.41 Å². The van der Waals surface area contributed by atoms with Crippen molar-refractivity contribution in [2.45, 2.75) is 5.41 Å². The van der Waals surface area contributed by atoms with Gasteiger partial charge in [0.25, 0.3) is 0 Å². The van der Waals surface area contributed by atoms with Crippen LogP contribution in [0.1, 0.15) is 22.3 Å². The summed E-state index contributed by atoms with van der Waals surface area (Å²) in [6.07, 6.45) is 0. The van der Waals surface area contributed by atoms with Gasteiger partial charge in [0.2, 0.25) is 0 Å². The lowest BCUT2D eigenvalue weighted by atomic mass is 9.67. The number of furan rings is 1. The summed E-state index contributed by atoms with van der Waals surface area (Å²) >= 11 is 0. The van der Waals surface area contributed by atoms with E-state index in [0.29, 0.717) is 0 Å². The largest absolute Gasteiger partial charge is 0.455 e. The Balaban J connectivity index is 1.01. The fraction of sp³-hybridized carbons (Fsp3) is 0.0164. The van der Waals surface area contributed by atoms with E-state index in [9.17, 15) is 0 Å². The molecule has 2 nitrogen and oxygen atoms in total. The first-order valence-electron chi connectivity index (χ1n) is 21.7. The number of hydrogen-bond donors (Lipinski definition) is 0. The van der Waals surface area contributed by atoms with Crippen molar-refractivity contribution in [2.75, 3.05) is 0 Å². The highest BCUT2D eigenvalue weighted by Gasteiger charge is 2.46. The SMILES string of the molecule is c1ccc(-c2ccc3c(c2)c2cc(-c4ccc5c(c4)C(c4ccccc4)(c4ccc(-c6cccc7c6oc6ccccc67)cc4)c4ccccc4-5)ccc2n3-c2ccccc2)cc1. The first-order chi connectivity index (χ1) is 31.2. The molecule has 0 fully saturated rings. The zero-order valence-electron chi connectivity index (χ0n) is 34.4. The summed E-state index contributed by atoms with van der Waals surface area (Å²) in [5.41, 5.74) is 19.5. The van der Waals surface area contributed by atoms with Crippen molar-refractivity contribution in [3.8, 4) is 50.2 Å². The number of aromatic nitrogens is 1. The lowest BCUT2D eigenvalue weighted by Crippen LogP contribution is -2.28. The smallest absolute Gasteiger partial charge is 0.143 e. The molecule has 2 aromatic heterocycles. The van der Waals surface area contributed by atoms with Gasteiger partial charge in [-0.2, -0.15) is 0 Å². The van der Waals surface area contributed by atoms with E-state index >= 15 is 0 Å². The lowest BCUT2D eigenvalue weighted by molar-refractivity contribution is 0.670. The molecular formula is C61H39NO. The van der Waals surface area contributed by atoms with Gasteiger partial charge in [0, 0.05) is 32.8 Å². The van der Waals surface area contributed by atoms with Gasteiger partial charge in [-0.15, -0.1) is 0 Å². The highest BCUT2D eigenvalue weighted by atomic mass is 16.3. The maximum Gasteiger partial charge on any atom is 0.143 e. The van der Waals surface area contributed by atoms with E-state index < -0.39 is 5.41 Å². The lowest BCUT2D eigenvalue weighted by Gasteiger charge is -2.34. The molecule has 0 radical (unpaired) electrons. The Labute approximate surface area is 365 Å². The van der Waals surface area contributed by atoms with Gasteiger partial charge in [0.15, 0.2) is 0 Å². The van der Waals surface area contributed by atoms with Crippen molar-refractivity contribution in [1.82, 2.24) is 4.57 Å². The predicted octanol–water partition coefficient (Wildman–Crippen LogP) is 16.0. The zero-order valence-corrected chi connectivity index (χ0v) is 34.4. The number of nitrogens with zero attached hydrogens (tertiary/aromatic N) is 1. The van der Waals surface area contributed by atoms with Crippen molar-refractivity contribution in [2.24, 2.45) is 0 Å². The van der Waals surface area contributed by atoms with Crippen LogP contribution in [0.3, 0.4) is 0 Å². The third-order valence-electron chi connectivity index (χ3n) is 13.5. The summed E-state index contributed by atoms with van der Waals surface area (Å²) in [7, 11) is 0. The molecule has 0 bridgehead atoms. The Hall–Kier alpha value is -8.20. The van der Waals surface area contributed by atoms with Gasteiger partial charge in [0.1, 0.15) is 11.2 Å². The summed E-state index contributed by atoms with van der Waals surface area (Å²) < 4.78 is 8.91. The highest BCUT2D eigenvalue weighted by molar-refractivity contribution is 6.12. The number of fused-ring (bicyclic) bond motifs is 9. The minimum absolute atomic E-state index is 0.550. The van der Waals surface area contributed by atoms with Crippen LogP contribution >= 0.6 is 0 Å². The number of para-hydroxylation sites is 3. The van der Waals surface area contributed by atoms with Crippen LogP contribution in [-0.4, -0.2) is 4.57 Å². The normalized spacial score (nSPS) is 14.4. The van der Waals surface area contributed by atoms with Gasteiger partial charge >= 0.3 is 0 Å². The molecule has 2 heteroatoms. The summed E-state index contributed by atoms with van der Waals surface area (Å²) in [6, 6.07) is 86.6. The summed E-state index contributed by atoms with van der Waals surface area (Å²) in [5.74, 6) is 0. The molecule has 0 spiro atoms. The first kappa shape index (κ1) is 35.5. The molecule has 63 heavy (non-hydrogen) atoms. The maximum atomic E-state index is 6.50. The van der Waals surface area contributed by atoms with Crippen LogP contribution in [0.5, 0.6) is 0 Å². The van der Waals surface area contributed by atoms with Crippen LogP contribution in [0, 0.1) is 0 Å². The van der Waals surface area contributed by atoms with Crippen LogP contribution < -0.4 is 0 Å². The molecule has 0 N–H and O–H groups in total. The second-order valence-corrected chi connectivity index (χ2v) is 16.8. The minimum atomic E-state index is -0.550. The van der Waals surface area contributed by atoms with Gasteiger partial charge in [-0.3, -0.25) is 0 Å². The van der Waals surface area contributed by atoms with Gasteiger partial charge in [0.05, 0.1) is 16.4 Å². The van der Waals surface area contributed by atoms with E-state index in [-0.39, 0.29) is 0 Å². The number of benzene rings is 10. The molecule has 1 aliphatic carbocycles. The van der Waals surface area contributed by atoms with Gasteiger partial charge in [-0.05, 0) is 110 Å². The fourth-order valence-corrected chi connectivity index (χ4v) is 10.7. The summed E-state index contributed by atoms with van der Waals surface area (Å²) in [6.45, 7) is 0. The molecule has 1 aliphatic rings. The average Bonchev–Trinajstić information content (AvgIpc) is 4.01. The molecule has 0 aliphatic heterocycles. The molecule has 1 atom stereocenters. The second kappa shape index (κ2) is 13.9. The molecule has 13 rings (SSSR count). The second-order valence-electron chi connectivity index (χ2n) is 16.8. The monoisotopic (exact) mass is 801 g/mol. The third-order valence-corrected chi connectivity index (χ3v) is 13.5. The summed E-state index contributed by atoms with van der Waals surface area (Å²) in [4.78, 5) is 0. The van der Waals surface area contributed by atoms with E-state index in [1.807, 2.05) is 6.07 Å². The van der Waals surface area contributed by atoms with Gasteiger partial charge in [-0.25, -0.2) is 0 Å². The molecule has 0 saturated heterocycles. The molecule has 0 amide bonds. The Kier molecular flexibility index (Phi) is 7.85. The van der Waals surface area contributed by atoms with E-state index in [0.717, 1.165) is 38.8 Å². The first-order valence-corrected chi connectivity index (χ1v) is 21.7. The van der Waals surface area contributed by atoms with Crippen LogP contribution in [0.2, 0.25) is 0 Å². The van der Waals surface area contributed by atoms with Crippen LogP contribution in [0.25, 0.3) is 93.9 Å². The average molecular weight is 802 g/mol. The Morgan fingerprint density at radius 3 is 1.62 bits per heavy atom. The standard InChI is InChI=1S/C61H39NO/c1-4-15-40(16-5-1)42-30-35-57-53(37-42)54-38-43(31-36-58(54)62(57)47-19-8-3-9-20-47)44-29-34-50-49-21-10-12-25-55(49)61(56(50)39-44,45-17-6-2-7-18-45)46-32-27-41(28-33-46)48-23-14-24-52-51-22-11-13-26-59(51)63-60(48)52/h1-39H. The van der Waals surface area contributed by atoms with Crippen molar-refractivity contribution in [1.29, 1.82) is 0 Å². The number of hydrogen-bond acceptors (Lipinski definition) is 1. The molecule has 294 valence electrons. The van der Waals surface area contributed by atoms with E-state index in [1.165, 1.54) is 77.4 Å². The Morgan fingerprint density at radius 1 is 0.317 bits per heavy atom. The topological polar surface area (TPSA) is 18.1 Å². The van der Waals surface area contributed by atoms with E-state index in [1.54, 1.807) is 0 Å². The Bertz CT molecular complexity index is 3710. The zero-order chi connectivity index (χ0) is 41.5. The van der Waals surface area contributed by atoms with Crippen molar-refractivity contribution in [3.63, 3.8) is 0 Å². The van der Waals surface area contributed by atoms with Crippen molar-refractivity contribution in [3.05, 3.63) is 259 Å². The van der Waals surface area contributed by atoms with Crippen LogP contribution in [0.15, 0.2) is 241 Å². The molecular weight excluding hydrogens is 763 g/mol. The molecule has 10 aromatic carbocycles. The van der Waals surface area contributed by atoms with Gasteiger partial charge < -0.3 is 8.98 Å². The summed E-state index contributed by atoms with van der Waals surface area (Å²) in [5, 5.41) is 4.75. The molecule has 2 heterocycles. The third kappa shape index (κ3) is 5.32. The molecule has 0 saturated carbocycles. The maximum absolute atomic E-state index is 6.50. The number of rotatable bonds is 6. The van der Waals surface area contributed by atoms with Gasteiger partial charge in [-0.1, -0.05) is 188 Å². The fourth-order valence-electron chi connectivity index (χ4n) is 10.7. The highest BCUT2D eigenvalue weighted by Crippen LogP contribution is 2.57. The van der Waals surface area contributed by atoms with Crippen molar-refractivity contribution < 1.29 is 4.42 Å². The van der Waals surface area contributed by atoms with Crippen LogP contribution in [0.4, 0.5) is 0 Å². The Morgan fingerprint density at radius 2 is 0.857 bits per heavy atom. The molecule has 1 unspecified atom stereocenters. The predicted molar refractivity (Wildman–Crippen MR) is 262 cm³/mol. The van der Waals surface area contributed by atoms with E-state index in [4.69, 9.17) is 4.42 Å². The van der Waals surface area contributed by atoms with E-state index in [2.05, 4.69) is 235 Å². The quantitative estimate of drug-likeness (QED) is 0.164. The minimum Gasteiger partial charge on any atom is -0.455 e. The van der Waals surface area contributed by atoms with Crippen molar-refractivity contribution >= 4 is 43.7 Å².